The number of aryl methyl sites for hydroxylation is 1. The van der Waals surface area contributed by atoms with Crippen molar-refractivity contribution in [2.75, 3.05) is 68.0 Å². The molecule has 3 N–H and O–H groups in total. The lowest BCUT2D eigenvalue weighted by molar-refractivity contribution is -0.134. The number of aliphatic hydroxyl groups is 1. The monoisotopic (exact) mass is 854 g/mol. The molecule has 3 fully saturated rings. The third-order valence-electron chi connectivity index (χ3n) is 12.6. The van der Waals surface area contributed by atoms with Crippen LogP contribution in [-0.2, 0) is 28.8 Å². The van der Waals surface area contributed by atoms with Crippen molar-refractivity contribution in [2.45, 2.75) is 57.6 Å². The molecule has 328 valence electrons. The molecule has 17 nitrogen and oxygen atoms in total. The van der Waals surface area contributed by atoms with Crippen LogP contribution in [0.5, 0.6) is 5.75 Å². The van der Waals surface area contributed by atoms with E-state index in [1.165, 1.54) is 16.6 Å². The number of carbonyl (C=O) groups excluding carboxylic acids is 2. The van der Waals surface area contributed by atoms with E-state index >= 15 is 0 Å². The quantitative estimate of drug-likeness (QED) is 0.115. The van der Waals surface area contributed by atoms with E-state index in [1.54, 1.807) is 49.9 Å². The average Bonchev–Trinajstić information content (AvgIpc) is 3.75. The highest BCUT2D eigenvalue weighted by Gasteiger charge is 2.32. The number of nitrogens with zero attached hydrogens (tertiary/aromatic N) is 10. The van der Waals surface area contributed by atoms with Gasteiger partial charge in [-0.2, -0.15) is 10.1 Å². The Hall–Kier alpha value is -6.59. The van der Waals surface area contributed by atoms with Crippen LogP contribution in [0.25, 0.3) is 27.8 Å². The summed E-state index contributed by atoms with van der Waals surface area (Å²) in [5.74, 6) is 1.20. The molecule has 0 saturated carbocycles. The number of piperidine rings is 2. The van der Waals surface area contributed by atoms with E-state index in [-0.39, 0.29) is 23.9 Å². The van der Waals surface area contributed by atoms with Gasteiger partial charge >= 0.3 is 0 Å². The van der Waals surface area contributed by atoms with Gasteiger partial charge in [0.25, 0.3) is 5.56 Å². The number of anilines is 4. The first kappa shape index (κ1) is 41.7. The first-order chi connectivity index (χ1) is 30.4. The Balaban J connectivity index is 0.817. The Morgan fingerprint density at radius 2 is 1.75 bits per heavy atom. The smallest absolute Gasteiger partial charge is 0.278 e. The number of methoxy groups -OCH3 is 1. The highest BCUT2D eigenvalue weighted by molar-refractivity contribution is 6.02. The molecule has 1 unspecified atom stereocenters. The summed E-state index contributed by atoms with van der Waals surface area (Å²) in [6.45, 7) is 14.1. The number of rotatable bonds is 12. The fourth-order valence-electron chi connectivity index (χ4n) is 9.23. The summed E-state index contributed by atoms with van der Waals surface area (Å²) in [4.78, 5) is 59.2. The topological polar surface area (TPSA) is 181 Å². The molecular weight excluding hydrogens is 801 g/mol. The number of pyridine rings is 1. The summed E-state index contributed by atoms with van der Waals surface area (Å²) in [6.07, 6.45) is 6.21. The fraction of sp³-hybridized carbons (Fsp3) is 0.413. The highest BCUT2D eigenvalue weighted by atomic mass is 16.5. The molecule has 9 rings (SSSR count). The maximum absolute atomic E-state index is 13.5. The van der Waals surface area contributed by atoms with Crippen molar-refractivity contribution in [1.82, 2.24) is 44.3 Å². The lowest BCUT2D eigenvalue weighted by Gasteiger charge is -2.40. The minimum absolute atomic E-state index is 0.219. The fourth-order valence-corrected chi connectivity index (χ4v) is 9.23. The lowest BCUT2D eigenvalue weighted by Crippen LogP contribution is -2.49. The van der Waals surface area contributed by atoms with E-state index in [9.17, 15) is 19.5 Å². The molecule has 63 heavy (non-hydrogen) atoms. The summed E-state index contributed by atoms with van der Waals surface area (Å²) in [5, 5.41) is 22.4. The molecule has 3 saturated heterocycles. The number of amides is 2. The molecule has 6 aromatic rings. The molecular formula is C46H54N12O5. The second kappa shape index (κ2) is 16.9. The minimum atomic E-state index is -1.18. The van der Waals surface area contributed by atoms with Crippen molar-refractivity contribution in [2.24, 2.45) is 13.0 Å². The number of hydrogen-bond donors (Lipinski definition) is 3. The second-order valence-corrected chi connectivity index (χ2v) is 17.3. The van der Waals surface area contributed by atoms with Gasteiger partial charge in [-0.1, -0.05) is 12.1 Å². The number of nitrogens with one attached hydrogen (secondary N) is 2. The maximum atomic E-state index is 13.5. The van der Waals surface area contributed by atoms with E-state index in [0.717, 1.165) is 92.4 Å². The Bertz CT molecular complexity index is 2770. The number of benzene rings is 2. The van der Waals surface area contributed by atoms with Crippen molar-refractivity contribution in [3.63, 3.8) is 0 Å². The van der Waals surface area contributed by atoms with Crippen LogP contribution in [0, 0.1) is 5.92 Å². The number of carbonyl (C=O) groups is 2. The molecule has 0 aliphatic carbocycles. The molecule has 17 heteroatoms. The van der Waals surface area contributed by atoms with Gasteiger partial charge in [-0.05, 0) is 81.5 Å². The second-order valence-electron chi connectivity index (χ2n) is 17.3. The molecule has 2 amide bonds. The molecule has 2 aromatic carbocycles. The Morgan fingerprint density at radius 1 is 0.952 bits per heavy atom. The van der Waals surface area contributed by atoms with Crippen LogP contribution < -0.4 is 30.7 Å². The van der Waals surface area contributed by atoms with Gasteiger partial charge in [0.2, 0.25) is 17.8 Å². The minimum Gasteiger partial charge on any atom is -0.495 e. The molecule has 1 atom stereocenters. The lowest BCUT2D eigenvalue weighted by atomic mass is 9.92. The van der Waals surface area contributed by atoms with E-state index < -0.39 is 11.5 Å². The van der Waals surface area contributed by atoms with Gasteiger partial charge in [-0.15, -0.1) is 6.58 Å². The zero-order valence-corrected chi connectivity index (χ0v) is 36.3. The number of allylic oxidation sites excluding steroid dienone is 1. The summed E-state index contributed by atoms with van der Waals surface area (Å²) < 4.78 is 10.9. The van der Waals surface area contributed by atoms with Crippen LogP contribution in [0.2, 0.25) is 0 Å². The van der Waals surface area contributed by atoms with E-state index in [4.69, 9.17) is 14.8 Å². The van der Waals surface area contributed by atoms with Crippen LogP contribution in [-0.4, -0.2) is 109 Å². The van der Waals surface area contributed by atoms with Gasteiger partial charge in [-0.25, -0.2) is 19.3 Å². The predicted molar refractivity (Wildman–Crippen MR) is 242 cm³/mol. The number of piperazine rings is 1. The molecule has 0 radical (unpaired) electrons. The van der Waals surface area contributed by atoms with Crippen LogP contribution in [0.15, 0.2) is 78.2 Å². The molecule has 0 spiro atoms. The normalized spacial score (nSPS) is 18.0. The van der Waals surface area contributed by atoms with Gasteiger partial charge in [0.15, 0.2) is 11.5 Å². The van der Waals surface area contributed by atoms with Gasteiger partial charge < -0.3 is 25.0 Å². The van der Waals surface area contributed by atoms with Gasteiger partial charge in [0, 0.05) is 88.3 Å². The highest BCUT2D eigenvalue weighted by Crippen LogP contribution is 2.35. The number of ether oxygens (including phenoxy) is 1. The summed E-state index contributed by atoms with van der Waals surface area (Å²) in [7, 11) is 3.59. The molecule has 3 aliphatic heterocycles. The third kappa shape index (κ3) is 8.25. The first-order valence-corrected chi connectivity index (χ1v) is 21.7. The third-order valence-corrected chi connectivity index (χ3v) is 12.6. The maximum Gasteiger partial charge on any atom is 0.278 e. The van der Waals surface area contributed by atoms with E-state index in [0.29, 0.717) is 47.3 Å². The average molecular weight is 855 g/mol. The van der Waals surface area contributed by atoms with Crippen molar-refractivity contribution in [3.8, 4) is 11.6 Å². The van der Waals surface area contributed by atoms with Crippen molar-refractivity contribution in [3.05, 3.63) is 95.2 Å². The predicted octanol–water partition coefficient (Wildman–Crippen LogP) is 4.59. The number of aromatic nitrogens is 7. The van der Waals surface area contributed by atoms with E-state index in [2.05, 4.69) is 66.1 Å². The van der Waals surface area contributed by atoms with Crippen molar-refractivity contribution >= 4 is 56.8 Å². The van der Waals surface area contributed by atoms with Gasteiger partial charge in [0.05, 0.1) is 42.2 Å². The van der Waals surface area contributed by atoms with Crippen molar-refractivity contribution in [1.29, 1.82) is 0 Å². The van der Waals surface area contributed by atoms with Crippen LogP contribution in [0.1, 0.15) is 56.8 Å². The Kier molecular flexibility index (Phi) is 11.2. The summed E-state index contributed by atoms with van der Waals surface area (Å²) in [6, 6.07) is 17.7. The summed E-state index contributed by atoms with van der Waals surface area (Å²) >= 11 is 0. The number of fused-ring (bicyclic) bond motifs is 2. The van der Waals surface area contributed by atoms with Crippen LogP contribution in [0.4, 0.5) is 23.0 Å². The van der Waals surface area contributed by atoms with Crippen LogP contribution >= 0.6 is 0 Å². The van der Waals surface area contributed by atoms with Gasteiger partial charge in [-0.3, -0.25) is 29.3 Å². The molecule has 4 aromatic heterocycles. The first-order valence-electron chi connectivity index (χ1n) is 21.7. The molecule has 0 bridgehead atoms. The summed E-state index contributed by atoms with van der Waals surface area (Å²) in [5.41, 5.74) is 4.04. The van der Waals surface area contributed by atoms with Crippen LogP contribution in [0.3, 0.4) is 0 Å². The van der Waals surface area contributed by atoms with E-state index in [1.807, 2.05) is 23.9 Å². The Labute approximate surface area is 365 Å². The Morgan fingerprint density at radius 3 is 2.48 bits per heavy atom. The molecule has 3 aliphatic rings. The standard InChI is InChI=1S/C46H54N12O5/c1-6-18-57-44(61)34-27-47-45(51-42(34)58(57)39-9-7-8-38(49-39)46(2,3)62)48-30-10-14-35(37(25-30)63-5)56-23-21-54(22-24-56)28-29-16-19-55(20-17-29)31-11-12-32-36(26-31)53(4)52-41(32)33-13-15-40(59)50-43(33)60/h6-12,14,25-27,29,33,62H,1,13,15-24,28H2,2-5H3,(H,47,48,51)(H,50,59,60). The number of imide groups is 1. The number of hydrogen-bond acceptors (Lipinski definition) is 13. The largest absolute Gasteiger partial charge is 0.495 e. The van der Waals surface area contributed by atoms with Crippen molar-refractivity contribution < 1.29 is 19.4 Å². The SMILES string of the molecule is C=CCn1c(=O)c2cnc(Nc3ccc(N4CCN(CC5CCN(c6ccc7c(C8CCC(=O)NC8=O)nn(C)c7c6)CC5)CC4)c(OC)c3)nc2n1-c1cccc(C(C)(C)O)n1. The molecule has 7 heterocycles. The zero-order valence-electron chi connectivity index (χ0n) is 36.3. The zero-order chi connectivity index (χ0) is 44.0. The van der Waals surface area contributed by atoms with Gasteiger partial charge in [0.1, 0.15) is 16.7 Å².